The number of hydrogen-bond donors (Lipinski definition) is 2. The zero-order chi connectivity index (χ0) is 46.3. The Morgan fingerprint density at radius 2 is 1.18 bits per heavy atom. The first-order chi connectivity index (χ1) is 32.4. The first-order valence-corrected chi connectivity index (χ1v) is 23.0. The molecule has 0 saturated carbocycles. The van der Waals surface area contributed by atoms with Crippen molar-refractivity contribution in [3.8, 4) is 39.1 Å². The Balaban J connectivity index is 0.000000371. The molecule has 0 amide bonds. The van der Waals surface area contributed by atoms with E-state index in [0.717, 1.165) is 33.7 Å². The second-order valence-electron chi connectivity index (χ2n) is 16.4. The fourth-order valence-electron chi connectivity index (χ4n) is 7.96. The Hall–Kier alpha value is -7.53. The average molecular weight is 858 g/mol. The molecule has 4 heteroatoms. The van der Waals surface area contributed by atoms with Gasteiger partial charge in [0.05, 0.1) is 11.0 Å². The number of aromatic nitrogens is 1. The fraction of sp³-hybridized carbons (Fsp3) is 0.113. The molecule has 9 aromatic rings. The number of nitrogens with zero attached hydrogens (tertiary/aromatic N) is 1. The number of nitrogens with two attached hydrogens (primary N) is 1. The number of aryl methyl sites for hydroxylation is 1. The van der Waals surface area contributed by atoms with Crippen molar-refractivity contribution in [2.75, 3.05) is 12.4 Å². The van der Waals surface area contributed by atoms with Crippen LogP contribution in [0.2, 0.25) is 5.82 Å². The Morgan fingerprint density at radius 1 is 0.621 bits per heavy atom. The van der Waals surface area contributed by atoms with Crippen LogP contribution in [-0.4, -0.2) is 24.5 Å². The van der Waals surface area contributed by atoms with Crippen molar-refractivity contribution in [1.29, 1.82) is 0 Å². The van der Waals surface area contributed by atoms with Crippen LogP contribution in [0.3, 0.4) is 0 Å². The van der Waals surface area contributed by atoms with E-state index in [4.69, 9.17) is 0 Å². The number of nitrogens with one attached hydrogen (secondary N) is 1. The van der Waals surface area contributed by atoms with Crippen molar-refractivity contribution in [2.45, 2.75) is 39.9 Å². The van der Waals surface area contributed by atoms with E-state index in [0.29, 0.717) is 5.82 Å². The van der Waals surface area contributed by atoms with Gasteiger partial charge in [-0.15, -0.1) is 0 Å². The molecule has 3 N–H and O–H groups in total. The van der Waals surface area contributed by atoms with Crippen molar-refractivity contribution in [3.63, 3.8) is 0 Å². The second-order valence-corrected chi connectivity index (χ2v) is 16.4. The maximum absolute atomic E-state index is 4.52. The van der Waals surface area contributed by atoms with Crippen LogP contribution in [0.25, 0.3) is 66.4 Å². The zero-order valence-electron chi connectivity index (χ0n) is 39.0. The minimum Gasteiger partial charge on any atom is -0.333 e. The molecule has 0 saturated heterocycles. The number of benzene rings is 8. The van der Waals surface area contributed by atoms with E-state index in [1.54, 1.807) is 0 Å². The molecule has 0 unspecified atom stereocenters. The summed E-state index contributed by atoms with van der Waals surface area (Å²) in [7, 11) is 1.50. The molecule has 3 nitrogen and oxygen atoms in total. The molecule has 1 atom stereocenters. The normalized spacial score (nSPS) is 11.7. The van der Waals surface area contributed by atoms with Crippen LogP contribution in [0.15, 0.2) is 231 Å². The number of para-hydroxylation sites is 1. The van der Waals surface area contributed by atoms with Crippen LogP contribution in [0.1, 0.15) is 43.9 Å². The number of anilines is 1. The number of hydrogen-bond acceptors (Lipinski definition) is 2. The molecule has 1 aromatic heterocycles. The average Bonchev–Trinajstić information content (AvgIpc) is 3.72. The van der Waals surface area contributed by atoms with Gasteiger partial charge in [-0.25, -0.2) is 0 Å². The van der Waals surface area contributed by atoms with Crippen LogP contribution in [-0.2, 0) is 0 Å². The molecule has 0 aliphatic carbocycles. The Kier molecular flexibility index (Phi) is 16.1. The van der Waals surface area contributed by atoms with Gasteiger partial charge in [-0.2, -0.15) is 0 Å². The van der Waals surface area contributed by atoms with Crippen molar-refractivity contribution in [1.82, 2.24) is 4.57 Å². The first-order valence-electron chi connectivity index (χ1n) is 23.0. The van der Waals surface area contributed by atoms with Gasteiger partial charge in [0.1, 0.15) is 0 Å². The van der Waals surface area contributed by atoms with Crippen LogP contribution in [0.5, 0.6) is 0 Å². The minimum absolute atomic E-state index is 0.682. The summed E-state index contributed by atoms with van der Waals surface area (Å²) < 4.78 is 2.41. The number of allylic oxidation sites excluding steroid dienone is 4. The molecule has 0 fully saturated rings. The molecule has 0 aliphatic heterocycles. The van der Waals surface area contributed by atoms with Crippen molar-refractivity contribution < 1.29 is 0 Å². The Labute approximate surface area is 393 Å². The van der Waals surface area contributed by atoms with E-state index in [2.05, 4.69) is 268 Å². The van der Waals surface area contributed by atoms with Gasteiger partial charge in [-0.05, 0) is 108 Å². The molecule has 0 radical (unpaired) electrons. The van der Waals surface area contributed by atoms with E-state index in [1.807, 2.05) is 13.0 Å². The largest absolute Gasteiger partial charge is 0.333 e. The maximum Gasteiger partial charge on any atom is -0.0195 e. The summed E-state index contributed by atoms with van der Waals surface area (Å²) in [6.07, 6.45) is 7.50. The third-order valence-corrected chi connectivity index (χ3v) is 11.8. The van der Waals surface area contributed by atoms with Gasteiger partial charge in [0.25, 0.3) is 0 Å². The van der Waals surface area contributed by atoms with Gasteiger partial charge in [-0.3, -0.25) is 0 Å². The molecule has 0 aliphatic rings. The third-order valence-electron chi connectivity index (χ3n) is 11.8. The van der Waals surface area contributed by atoms with Crippen LogP contribution in [0, 0.1) is 6.92 Å². The number of rotatable bonds is 12. The predicted octanol–water partition coefficient (Wildman–Crippen LogP) is 16.0. The summed E-state index contributed by atoms with van der Waals surface area (Å²) >= 11 is 0. The summed E-state index contributed by atoms with van der Waals surface area (Å²) in [6.45, 7) is 15.4. The van der Waals surface area contributed by atoms with Crippen LogP contribution >= 0.6 is 0 Å². The maximum atomic E-state index is 4.52. The van der Waals surface area contributed by atoms with Crippen LogP contribution in [0.4, 0.5) is 5.69 Å². The van der Waals surface area contributed by atoms with E-state index in [-0.39, 0.29) is 0 Å². The molecular formula is C62H60BN3. The van der Waals surface area contributed by atoms with Crippen LogP contribution < -0.4 is 11.1 Å². The topological polar surface area (TPSA) is 43.0 Å². The quantitative estimate of drug-likeness (QED) is 0.0949. The molecule has 66 heavy (non-hydrogen) atoms. The Bertz CT molecular complexity index is 3050. The van der Waals surface area contributed by atoms with E-state index in [9.17, 15) is 0 Å². The molecule has 9 rings (SSSR count). The molecule has 326 valence electrons. The van der Waals surface area contributed by atoms with E-state index in [1.165, 1.54) is 74.3 Å². The summed E-state index contributed by atoms with van der Waals surface area (Å²) in [4.78, 5) is 0. The summed E-state index contributed by atoms with van der Waals surface area (Å²) in [5.41, 5.74) is 21.9. The molecule has 8 aromatic carbocycles. The van der Waals surface area contributed by atoms with E-state index >= 15 is 0 Å². The minimum atomic E-state index is 0.682. The van der Waals surface area contributed by atoms with Gasteiger partial charge in [0, 0.05) is 33.4 Å². The van der Waals surface area contributed by atoms with Gasteiger partial charge in [0.15, 0.2) is 0 Å². The van der Waals surface area contributed by atoms with Gasteiger partial charge in [-0.1, -0.05) is 146 Å². The van der Waals surface area contributed by atoms with E-state index < -0.39 is 0 Å². The van der Waals surface area contributed by atoms with Gasteiger partial charge in [0.2, 0.25) is 0 Å². The number of fused-ring (bicyclic) bond motifs is 3. The predicted molar refractivity (Wildman–Crippen MR) is 291 cm³/mol. The first kappa shape index (κ1) is 46.5. The standard InChI is InChI=1S/C49H38N2.C12H17B.CH5N/c1-3-42(50-43-29-25-38(26-30-43)36-16-8-4-9-17-36)28-24-35(2)40-27-31-48-46(32-40)47-34-41(37-18-10-5-11-19-37)33-45(39-20-12-6-13-21-39)49(47)51(48)44-22-14-7-15-23-44;1-4-11(3)13-9-12-7-5-10(2)6-8-12;1-2/h3-34,50H,2H2,1H3;5-9,11H,4H2,1-3H3;2H2,1H3/b28-24-,42-3+;;/t;11-;/m.1./s1. The summed E-state index contributed by atoms with van der Waals surface area (Å²) in [5, 5.41) is 5.97. The van der Waals surface area contributed by atoms with Gasteiger partial charge >= 0.3 is 81.3 Å². The molecule has 0 spiro atoms. The fourth-order valence-corrected chi connectivity index (χ4v) is 7.96. The third kappa shape index (κ3) is 11.4. The second kappa shape index (κ2) is 22.9. The summed E-state index contributed by atoms with van der Waals surface area (Å²) in [5.74, 6) is 2.88. The molecule has 1 heterocycles. The smallest absolute Gasteiger partial charge is 0.0195 e. The zero-order valence-corrected chi connectivity index (χ0v) is 39.0. The van der Waals surface area contributed by atoms with Gasteiger partial charge < -0.3 is 15.6 Å². The van der Waals surface area contributed by atoms with Crippen molar-refractivity contribution in [2.24, 2.45) is 5.73 Å². The molecular weight excluding hydrogens is 798 g/mol. The Morgan fingerprint density at radius 3 is 1.77 bits per heavy atom. The monoisotopic (exact) mass is 857 g/mol. The van der Waals surface area contributed by atoms with Crippen molar-refractivity contribution in [3.05, 3.63) is 247 Å². The SMILES string of the molecule is C=C(/C=C\C(=C/C)Nc1ccc(-c2ccccc2)cc1)c1ccc2c(c1)c1cc(-c3ccccc3)cc(-c3ccccc3)c1n2-c1ccccc1.CC[C@@H](C)B=Cc1ccc(C)cc1.CN. The summed E-state index contributed by atoms with van der Waals surface area (Å²) in [6, 6.07) is 71.1. The molecule has 0 bridgehead atoms. The van der Waals surface area contributed by atoms with Crippen molar-refractivity contribution >= 4 is 46.0 Å².